The second-order valence-corrected chi connectivity index (χ2v) is 7.21. The lowest BCUT2D eigenvalue weighted by molar-refractivity contribution is -0.115. The average molecular weight is 369 g/mol. The topological polar surface area (TPSA) is 84.5 Å². The number of carbonyl (C=O) groups excluding carboxylic acids is 1. The summed E-state index contributed by atoms with van der Waals surface area (Å²) in [6.07, 6.45) is 0. The fourth-order valence-electron chi connectivity index (χ4n) is 1.90. The summed E-state index contributed by atoms with van der Waals surface area (Å²) in [6.45, 7) is 1.54. The Bertz CT molecular complexity index is 836. The fourth-order valence-corrected chi connectivity index (χ4v) is 3.23. The Morgan fingerprint density at radius 1 is 1.17 bits per heavy atom. The zero-order valence-electron chi connectivity index (χ0n) is 13.2. The third-order valence-electron chi connectivity index (χ3n) is 3.19. The molecule has 0 bridgehead atoms. The van der Waals surface area contributed by atoms with Gasteiger partial charge in [0.05, 0.1) is 23.6 Å². The van der Waals surface area contributed by atoms with Crippen LogP contribution in [0.5, 0.6) is 5.75 Å². The van der Waals surface area contributed by atoms with Gasteiger partial charge in [-0.1, -0.05) is 29.3 Å². The van der Waals surface area contributed by atoms with Gasteiger partial charge in [-0.2, -0.15) is 0 Å². The second kappa shape index (κ2) is 7.65. The minimum Gasteiger partial charge on any atom is -0.495 e. The molecule has 0 spiro atoms. The van der Waals surface area contributed by atoms with Crippen molar-refractivity contribution in [1.82, 2.24) is 4.72 Å². The molecule has 0 aliphatic heterocycles. The van der Waals surface area contributed by atoms with Crippen LogP contribution in [0.4, 0.5) is 5.69 Å². The maximum atomic E-state index is 12.2. The van der Waals surface area contributed by atoms with Crippen LogP contribution in [-0.2, 0) is 14.8 Å². The van der Waals surface area contributed by atoms with Gasteiger partial charge in [0.1, 0.15) is 5.75 Å². The summed E-state index contributed by atoms with van der Waals surface area (Å²) < 4.78 is 31.6. The maximum Gasteiger partial charge on any atom is 0.241 e. The molecule has 0 heterocycles. The molecule has 128 valence electrons. The Morgan fingerprint density at radius 3 is 2.42 bits per heavy atom. The predicted octanol–water partition coefficient (Wildman–Crippen LogP) is 2.57. The van der Waals surface area contributed by atoms with Gasteiger partial charge in [-0.05, 0) is 37.3 Å². The van der Waals surface area contributed by atoms with Crippen LogP contribution < -0.4 is 14.8 Å². The van der Waals surface area contributed by atoms with E-state index in [0.717, 1.165) is 5.56 Å². The van der Waals surface area contributed by atoms with Gasteiger partial charge in [-0.25, -0.2) is 13.1 Å². The van der Waals surface area contributed by atoms with Crippen molar-refractivity contribution in [2.45, 2.75) is 11.8 Å². The van der Waals surface area contributed by atoms with Crippen LogP contribution in [0.25, 0.3) is 0 Å². The smallest absolute Gasteiger partial charge is 0.241 e. The number of nitrogens with one attached hydrogen (secondary N) is 2. The molecule has 0 radical (unpaired) electrons. The summed E-state index contributed by atoms with van der Waals surface area (Å²) in [6, 6.07) is 11.2. The molecule has 2 N–H and O–H groups in total. The highest BCUT2D eigenvalue weighted by Gasteiger charge is 2.17. The van der Waals surface area contributed by atoms with E-state index < -0.39 is 15.9 Å². The largest absolute Gasteiger partial charge is 0.495 e. The lowest BCUT2D eigenvalue weighted by atomic mass is 10.2. The first-order chi connectivity index (χ1) is 11.3. The van der Waals surface area contributed by atoms with E-state index in [1.807, 2.05) is 19.1 Å². The van der Waals surface area contributed by atoms with Gasteiger partial charge < -0.3 is 10.1 Å². The molecule has 8 heteroatoms. The van der Waals surface area contributed by atoms with E-state index in [9.17, 15) is 13.2 Å². The van der Waals surface area contributed by atoms with Crippen LogP contribution in [0, 0.1) is 6.92 Å². The monoisotopic (exact) mass is 368 g/mol. The third kappa shape index (κ3) is 4.70. The highest BCUT2D eigenvalue weighted by molar-refractivity contribution is 7.89. The zero-order chi connectivity index (χ0) is 17.7. The van der Waals surface area contributed by atoms with Crippen molar-refractivity contribution in [3.8, 4) is 5.75 Å². The number of hydrogen-bond acceptors (Lipinski definition) is 4. The number of carbonyl (C=O) groups is 1. The first-order valence-corrected chi connectivity index (χ1v) is 8.87. The van der Waals surface area contributed by atoms with Crippen LogP contribution in [0.15, 0.2) is 47.4 Å². The van der Waals surface area contributed by atoms with Gasteiger partial charge in [-0.3, -0.25) is 4.79 Å². The van der Waals surface area contributed by atoms with Gasteiger partial charge in [0.15, 0.2) is 0 Å². The molecule has 2 aromatic carbocycles. The van der Waals surface area contributed by atoms with Crippen molar-refractivity contribution in [2.75, 3.05) is 19.0 Å². The Hall–Kier alpha value is -2.09. The fraction of sp³-hybridized carbons (Fsp3) is 0.188. The van der Waals surface area contributed by atoms with Gasteiger partial charge in [-0.15, -0.1) is 0 Å². The lowest BCUT2D eigenvalue weighted by Gasteiger charge is -2.09. The number of methoxy groups -OCH3 is 1. The van der Waals surface area contributed by atoms with Crippen LogP contribution in [0.3, 0.4) is 0 Å². The SMILES string of the molecule is COc1ccc(S(=O)(=O)NCC(=O)Nc2ccc(C)cc2)cc1Cl. The molecule has 0 aliphatic rings. The summed E-state index contributed by atoms with van der Waals surface area (Å²) >= 11 is 5.92. The molecular formula is C16H17ClN2O4S. The number of amides is 1. The van der Waals surface area contributed by atoms with Gasteiger partial charge in [0, 0.05) is 5.69 Å². The molecular weight excluding hydrogens is 352 g/mol. The van der Waals surface area contributed by atoms with E-state index >= 15 is 0 Å². The number of ether oxygens (including phenoxy) is 1. The molecule has 0 saturated carbocycles. The van der Waals surface area contributed by atoms with Crippen LogP contribution in [0.2, 0.25) is 5.02 Å². The van der Waals surface area contributed by atoms with E-state index in [0.29, 0.717) is 11.4 Å². The highest BCUT2D eigenvalue weighted by atomic mass is 35.5. The molecule has 0 aromatic heterocycles. The van der Waals surface area contributed by atoms with Crippen molar-refractivity contribution in [3.63, 3.8) is 0 Å². The zero-order valence-corrected chi connectivity index (χ0v) is 14.7. The number of benzene rings is 2. The first kappa shape index (κ1) is 18.3. The molecule has 2 aromatic rings. The Morgan fingerprint density at radius 2 is 1.83 bits per heavy atom. The number of sulfonamides is 1. The third-order valence-corrected chi connectivity index (χ3v) is 4.89. The van der Waals surface area contributed by atoms with Crippen LogP contribution in [-0.4, -0.2) is 28.0 Å². The Balaban J connectivity index is 2.00. The Labute approximate surface area is 145 Å². The van der Waals surface area contributed by atoms with Crippen LogP contribution >= 0.6 is 11.6 Å². The molecule has 0 aliphatic carbocycles. The molecule has 0 fully saturated rings. The van der Waals surface area contributed by atoms with Crippen molar-refractivity contribution < 1.29 is 17.9 Å². The van der Waals surface area contributed by atoms with E-state index in [1.165, 1.54) is 25.3 Å². The van der Waals surface area contributed by atoms with Crippen molar-refractivity contribution >= 4 is 33.2 Å². The van der Waals surface area contributed by atoms with Crippen molar-refractivity contribution in [3.05, 3.63) is 53.1 Å². The quantitative estimate of drug-likeness (QED) is 0.820. The maximum absolute atomic E-state index is 12.2. The average Bonchev–Trinajstić information content (AvgIpc) is 2.55. The number of rotatable bonds is 6. The summed E-state index contributed by atoms with van der Waals surface area (Å²) in [7, 11) is -2.42. The standard InChI is InChI=1S/C16H17ClN2O4S/c1-11-3-5-12(6-4-11)19-16(20)10-18-24(21,22)13-7-8-15(23-2)14(17)9-13/h3-9,18H,10H2,1-2H3,(H,19,20). The molecule has 1 amide bonds. The minimum atomic E-state index is -3.85. The molecule has 2 rings (SSSR count). The first-order valence-electron chi connectivity index (χ1n) is 7.01. The molecule has 0 saturated heterocycles. The van der Waals surface area contributed by atoms with E-state index in [2.05, 4.69) is 10.0 Å². The Kier molecular flexibility index (Phi) is 5.82. The number of aryl methyl sites for hydroxylation is 1. The molecule has 0 unspecified atom stereocenters. The predicted molar refractivity (Wildman–Crippen MR) is 93.0 cm³/mol. The number of anilines is 1. The summed E-state index contributed by atoms with van der Waals surface area (Å²) in [5, 5.41) is 2.78. The van der Waals surface area contributed by atoms with E-state index in [-0.39, 0.29) is 16.5 Å². The van der Waals surface area contributed by atoms with E-state index in [4.69, 9.17) is 16.3 Å². The van der Waals surface area contributed by atoms with Crippen molar-refractivity contribution in [2.24, 2.45) is 0 Å². The molecule has 0 atom stereocenters. The van der Waals surface area contributed by atoms with Gasteiger partial charge in [0.25, 0.3) is 0 Å². The normalized spacial score (nSPS) is 11.1. The number of hydrogen-bond donors (Lipinski definition) is 2. The van der Waals surface area contributed by atoms with Crippen molar-refractivity contribution in [1.29, 1.82) is 0 Å². The summed E-state index contributed by atoms with van der Waals surface area (Å²) in [5.74, 6) is -0.102. The summed E-state index contributed by atoms with van der Waals surface area (Å²) in [4.78, 5) is 11.8. The van der Waals surface area contributed by atoms with Gasteiger partial charge in [0.2, 0.25) is 15.9 Å². The second-order valence-electron chi connectivity index (χ2n) is 5.04. The van der Waals surface area contributed by atoms with Gasteiger partial charge >= 0.3 is 0 Å². The minimum absolute atomic E-state index is 0.0450. The highest BCUT2D eigenvalue weighted by Crippen LogP contribution is 2.26. The van der Waals surface area contributed by atoms with Crippen LogP contribution in [0.1, 0.15) is 5.56 Å². The molecule has 6 nitrogen and oxygen atoms in total. The van der Waals surface area contributed by atoms with E-state index in [1.54, 1.807) is 12.1 Å². The molecule has 24 heavy (non-hydrogen) atoms. The number of halogens is 1. The lowest BCUT2D eigenvalue weighted by Crippen LogP contribution is -2.32. The summed E-state index contributed by atoms with van der Waals surface area (Å²) in [5.41, 5.74) is 1.65.